The molecule has 0 spiro atoms. The standard InChI is InChI=1S/C12H9Br2ClN2O2S/c13-7-1-3-11(9(14)5-7)17-20(18,19)12-4-2-8(15)6-10(12)16/h1-6,17H,16H2. The monoisotopic (exact) mass is 438 g/mol. The molecule has 2 rings (SSSR count). The topological polar surface area (TPSA) is 72.2 Å². The molecule has 0 heterocycles. The van der Waals surface area contributed by atoms with Crippen LogP contribution in [0.5, 0.6) is 0 Å². The number of anilines is 2. The molecule has 4 nitrogen and oxygen atoms in total. The second-order valence-electron chi connectivity index (χ2n) is 3.91. The van der Waals surface area contributed by atoms with Gasteiger partial charge in [0, 0.05) is 14.0 Å². The highest BCUT2D eigenvalue weighted by Crippen LogP contribution is 2.30. The predicted octanol–water partition coefficient (Wildman–Crippen LogP) is 4.25. The molecule has 0 saturated carbocycles. The van der Waals surface area contributed by atoms with Crippen LogP contribution in [-0.2, 0) is 10.0 Å². The van der Waals surface area contributed by atoms with Crippen molar-refractivity contribution in [1.29, 1.82) is 0 Å². The Bertz CT molecular complexity index is 766. The fourth-order valence-electron chi connectivity index (χ4n) is 1.54. The molecular weight excluding hydrogens is 431 g/mol. The minimum absolute atomic E-state index is 0.0169. The van der Waals surface area contributed by atoms with Gasteiger partial charge in [-0.15, -0.1) is 0 Å². The minimum atomic E-state index is -3.78. The zero-order chi connectivity index (χ0) is 14.9. The molecule has 0 saturated heterocycles. The Hall–Kier alpha value is -0.760. The van der Waals surface area contributed by atoms with Gasteiger partial charge in [-0.1, -0.05) is 27.5 Å². The zero-order valence-corrected chi connectivity index (χ0v) is 14.6. The number of nitrogen functional groups attached to an aromatic ring is 1. The first-order valence-electron chi connectivity index (χ1n) is 5.32. The Morgan fingerprint density at radius 3 is 2.40 bits per heavy atom. The van der Waals surface area contributed by atoms with Crippen LogP contribution in [0.15, 0.2) is 50.2 Å². The number of hydrogen-bond donors (Lipinski definition) is 2. The Kier molecular flexibility index (Phi) is 4.63. The molecule has 8 heteroatoms. The molecular formula is C12H9Br2ClN2O2S. The van der Waals surface area contributed by atoms with Gasteiger partial charge in [-0.25, -0.2) is 8.42 Å². The van der Waals surface area contributed by atoms with E-state index in [1.165, 1.54) is 18.2 Å². The average Bonchev–Trinajstić information content (AvgIpc) is 2.32. The van der Waals surface area contributed by atoms with E-state index in [-0.39, 0.29) is 10.6 Å². The smallest absolute Gasteiger partial charge is 0.263 e. The van der Waals surface area contributed by atoms with Gasteiger partial charge in [0.25, 0.3) is 10.0 Å². The van der Waals surface area contributed by atoms with E-state index in [0.717, 1.165) is 4.47 Å². The summed E-state index contributed by atoms with van der Waals surface area (Å²) in [4.78, 5) is -0.0169. The van der Waals surface area contributed by atoms with E-state index in [0.29, 0.717) is 15.2 Å². The van der Waals surface area contributed by atoms with Crippen molar-refractivity contribution in [2.75, 3.05) is 10.5 Å². The quantitative estimate of drug-likeness (QED) is 0.701. The van der Waals surface area contributed by atoms with Crippen LogP contribution in [0.3, 0.4) is 0 Å². The van der Waals surface area contributed by atoms with Crippen molar-refractivity contribution in [3.8, 4) is 0 Å². The largest absolute Gasteiger partial charge is 0.398 e. The Labute approximate surface area is 138 Å². The number of benzene rings is 2. The molecule has 0 aliphatic heterocycles. The van der Waals surface area contributed by atoms with Gasteiger partial charge in [0.15, 0.2) is 0 Å². The van der Waals surface area contributed by atoms with Crippen LogP contribution < -0.4 is 10.5 Å². The molecule has 20 heavy (non-hydrogen) atoms. The molecule has 3 N–H and O–H groups in total. The van der Waals surface area contributed by atoms with Crippen LogP contribution in [0.1, 0.15) is 0 Å². The lowest BCUT2D eigenvalue weighted by Crippen LogP contribution is -2.15. The predicted molar refractivity (Wildman–Crippen MR) is 88.5 cm³/mol. The minimum Gasteiger partial charge on any atom is -0.398 e. The molecule has 0 aliphatic carbocycles. The van der Waals surface area contributed by atoms with Crippen molar-refractivity contribution >= 4 is 64.9 Å². The lowest BCUT2D eigenvalue weighted by Gasteiger charge is -2.12. The van der Waals surface area contributed by atoms with Gasteiger partial charge >= 0.3 is 0 Å². The van der Waals surface area contributed by atoms with Crippen LogP contribution >= 0.6 is 43.5 Å². The van der Waals surface area contributed by atoms with E-state index in [1.54, 1.807) is 18.2 Å². The van der Waals surface area contributed by atoms with E-state index in [2.05, 4.69) is 36.6 Å². The lowest BCUT2D eigenvalue weighted by atomic mass is 10.3. The molecule has 0 fully saturated rings. The number of halogens is 3. The van der Waals surface area contributed by atoms with E-state index in [9.17, 15) is 8.42 Å². The number of rotatable bonds is 3. The van der Waals surface area contributed by atoms with Gasteiger partial charge in [0.2, 0.25) is 0 Å². The van der Waals surface area contributed by atoms with Crippen molar-refractivity contribution < 1.29 is 8.42 Å². The van der Waals surface area contributed by atoms with Crippen LogP contribution in [-0.4, -0.2) is 8.42 Å². The summed E-state index contributed by atoms with van der Waals surface area (Å²) in [5.74, 6) is 0. The summed E-state index contributed by atoms with van der Waals surface area (Å²) in [6.07, 6.45) is 0. The first kappa shape index (κ1) is 15.6. The summed E-state index contributed by atoms with van der Waals surface area (Å²) < 4.78 is 28.5. The molecule has 0 atom stereocenters. The number of nitrogens with one attached hydrogen (secondary N) is 1. The number of nitrogens with two attached hydrogens (primary N) is 1. The van der Waals surface area contributed by atoms with Crippen LogP contribution in [0, 0.1) is 0 Å². The molecule has 0 radical (unpaired) electrons. The maximum Gasteiger partial charge on any atom is 0.263 e. The Balaban J connectivity index is 2.41. The van der Waals surface area contributed by atoms with Crippen molar-refractivity contribution in [3.05, 3.63) is 50.4 Å². The molecule has 0 unspecified atom stereocenters. The molecule has 0 amide bonds. The SMILES string of the molecule is Nc1cc(Cl)ccc1S(=O)(=O)Nc1ccc(Br)cc1Br. The maximum absolute atomic E-state index is 12.3. The summed E-state index contributed by atoms with van der Waals surface area (Å²) in [6.45, 7) is 0. The second kappa shape index (κ2) is 5.93. The zero-order valence-electron chi connectivity index (χ0n) is 9.90. The van der Waals surface area contributed by atoms with E-state index in [4.69, 9.17) is 17.3 Å². The summed E-state index contributed by atoms with van der Waals surface area (Å²) in [5, 5.41) is 0.381. The van der Waals surface area contributed by atoms with Gasteiger partial charge in [-0.2, -0.15) is 0 Å². The molecule has 2 aromatic carbocycles. The Morgan fingerprint density at radius 1 is 1.10 bits per heavy atom. The van der Waals surface area contributed by atoms with Crippen LogP contribution in [0.25, 0.3) is 0 Å². The van der Waals surface area contributed by atoms with Gasteiger partial charge in [0.1, 0.15) is 4.90 Å². The molecule has 0 bridgehead atoms. The van der Waals surface area contributed by atoms with Gasteiger partial charge < -0.3 is 5.73 Å². The molecule has 106 valence electrons. The third kappa shape index (κ3) is 3.46. The molecule has 0 aliphatic rings. The van der Waals surface area contributed by atoms with E-state index >= 15 is 0 Å². The fourth-order valence-corrected chi connectivity index (χ4v) is 4.19. The first-order valence-corrected chi connectivity index (χ1v) is 8.77. The maximum atomic E-state index is 12.3. The summed E-state index contributed by atoms with van der Waals surface area (Å²) in [7, 11) is -3.78. The average molecular weight is 441 g/mol. The second-order valence-corrected chi connectivity index (χ2v) is 7.77. The van der Waals surface area contributed by atoms with Crippen molar-refractivity contribution in [1.82, 2.24) is 0 Å². The van der Waals surface area contributed by atoms with Crippen LogP contribution in [0.4, 0.5) is 11.4 Å². The van der Waals surface area contributed by atoms with Crippen LogP contribution in [0.2, 0.25) is 5.02 Å². The highest BCUT2D eigenvalue weighted by molar-refractivity contribution is 9.11. The highest BCUT2D eigenvalue weighted by atomic mass is 79.9. The molecule has 2 aromatic rings. The summed E-state index contributed by atoms with van der Waals surface area (Å²) >= 11 is 12.4. The van der Waals surface area contributed by atoms with Crippen molar-refractivity contribution in [3.63, 3.8) is 0 Å². The van der Waals surface area contributed by atoms with Gasteiger partial charge in [0.05, 0.1) is 11.4 Å². The van der Waals surface area contributed by atoms with E-state index < -0.39 is 10.0 Å². The van der Waals surface area contributed by atoms with Gasteiger partial charge in [-0.3, -0.25) is 4.72 Å². The highest BCUT2D eigenvalue weighted by Gasteiger charge is 2.18. The number of hydrogen-bond acceptors (Lipinski definition) is 3. The number of sulfonamides is 1. The van der Waals surface area contributed by atoms with Crippen molar-refractivity contribution in [2.45, 2.75) is 4.90 Å². The third-order valence-corrected chi connectivity index (χ3v) is 5.26. The first-order chi connectivity index (χ1) is 9.29. The summed E-state index contributed by atoms with van der Waals surface area (Å²) in [5.41, 5.74) is 6.22. The molecule has 0 aromatic heterocycles. The fraction of sp³-hybridized carbons (Fsp3) is 0. The lowest BCUT2D eigenvalue weighted by molar-refractivity contribution is 0.601. The summed E-state index contributed by atoms with van der Waals surface area (Å²) in [6, 6.07) is 9.34. The van der Waals surface area contributed by atoms with E-state index in [1.807, 2.05) is 0 Å². The normalized spacial score (nSPS) is 11.3. The third-order valence-electron chi connectivity index (χ3n) is 2.44. The van der Waals surface area contributed by atoms with Crippen molar-refractivity contribution in [2.24, 2.45) is 0 Å². The van der Waals surface area contributed by atoms with Gasteiger partial charge in [-0.05, 0) is 52.3 Å². The Morgan fingerprint density at radius 2 is 1.80 bits per heavy atom.